The fraction of sp³-hybridized carbons (Fsp3) is 0.591. The second-order valence-electron chi connectivity index (χ2n) is 7.85. The Kier molecular flexibility index (Phi) is 11.0. The van der Waals surface area contributed by atoms with Gasteiger partial charge < -0.3 is 40.7 Å². The molecule has 0 bridgehead atoms. The van der Waals surface area contributed by atoms with Gasteiger partial charge in [-0.25, -0.2) is 4.79 Å². The number of amides is 3. The Morgan fingerprint density at radius 2 is 1.76 bits per heavy atom. The van der Waals surface area contributed by atoms with E-state index in [2.05, 4.69) is 16.0 Å². The van der Waals surface area contributed by atoms with Crippen LogP contribution in [0, 0.1) is 0 Å². The highest BCUT2D eigenvalue weighted by Gasteiger charge is 2.45. The lowest BCUT2D eigenvalue weighted by Crippen LogP contribution is -2.68. The van der Waals surface area contributed by atoms with Crippen LogP contribution in [-0.4, -0.2) is 77.0 Å². The Morgan fingerprint density at radius 3 is 2.42 bits per heavy atom. The quantitative estimate of drug-likeness (QED) is 0.238. The maximum atomic E-state index is 12.3. The maximum absolute atomic E-state index is 12.3. The molecule has 0 aliphatic carbocycles. The Bertz CT molecular complexity index is 763. The zero-order chi connectivity index (χ0) is 24.2. The van der Waals surface area contributed by atoms with Gasteiger partial charge in [-0.3, -0.25) is 9.59 Å². The molecule has 1 heterocycles. The smallest absolute Gasteiger partial charge is 0.407 e. The first-order valence-electron chi connectivity index (χ1n) is 10.9. The summed E-state index contributed by atoms with van der Waals surface area (Å²) in [7, 11) is 0. The van der Waals surface area contributed by atoms with Crippen molar-refractivity contribution in [1.82, 2.24) is 16.0 Å². The molecule has 184 valence electrons. The van der Waals surface area contributed by atoms with E-state index in [9.17, 15) is 29.7 Å². The lowest BCUT2D eigenvalue weighted by atomic mass is 9.95. The van der Waals surface area contributed by atoms with Crippen LogP contribution in [0.4, 0.5) is 4.79 Å². The number of rotatable bonds is 11. The number of ether oxygens (including phenoxy) is 2. The molecule has 1 saturated heterocycles. The zero-order valence-corrected chi connectivity index (χ0v) is 18.6. The van der Waals surface area contributed by atoms with Crippen molar-refractivity contribution in [3.63, 3.8) is 0 Å². The number of alkyl carbamates (subject to hydrolysis) is 1. The predicted octanol–water partition coefficient (Wildman–Crippen LogP) is -0.467. The molecule has 0 saturated carbocycles. The van der Waals surface area contributed by atoms with Gasteiger partial charge in [-0.05, 0) is 18.4 Å². The SMILES string of the molecule is CC(=O)N[C@H]1[C@@H](O)[C@H](O)[C@@H](CO)O[C@H]1NC(=O)CCCCCNC(=O)OCc1ccccc1. The van der Waals surface area contributed by atoms with E-state index in [1.807, 2.05) is 30.3 Å². The molecule has 33 heavy (non-hydrogen) atoms. The topological polar surface area (TPSA) is 166 Å². The van der Waals surface area contributed by atoms with Crippen LogP contribution in [0.15, 0.2) is 30.3 Å². The van der Waals surface area contributed by atoms with E-state index >= 15 is 0 Å². The van der Waals surface area contributed by atoms with E-state index < -0.39 is 49.2 Å². The van der Waals surface area contributed by atoms with Crippen molar-refractivity contribution in [2.75, 3.05) is 13.2 Å². The Morgan fingerprint density at radius 1 is 1.03 bits per heavy atom. The number of carbonyl (C=O) groups excluding carboxylic acids is 3. The summed E-state index contributed by atoms with van der Waals surface area (Å²) in [6, 6.07) is 8.28. The minimum atomic E-state index is -1.42. The minimum absolute atomic E-state index is 0.160. The molecule has 11 heteroatoms. The number of carbonyl (C=O) groups is 3. The highest BCUT2D eigenvalue weighted by atomic mass is 16.5. The molecule has 1 aliphatic heterocycles. The van der Waals surface area contributed by atoms with E-state index in [1.54, 1.807) is 0 Å². The first kappa shape index (κ1) is 26.5. The molecular weight excluding hydrogens is 434 g/mol. The van der Waals surface area contributed by atoms with E-state index in [4.69, 9.17) is 9.47 Å². The van der Waals surface area contributed by atoms with Crippen LogP contribution in [0.5, 0.6) is 0 Å². The number of aliphatic hydroxyl groups is 3. The van der Waals surface area contributed by atoms with Crippen molar-refractivity contribution in [2.45, 2.75) is 69.8 Å². The first-order chi connectivity index (χ1) is 15.8. The van der Waals surface area contributed by atoms with Crippen LogP contribution in [0.1, 0.15) is 38.2 Å². The molecule has 11 nitrogen and oxygen atoms in total. The maximum Gasteiger partial charge on any atom is 0.407 e. The molecule has 5 atom stereocenters. The van der Waals surface area contributed by atoms with Gasteiger partial charge in [0.25, 0.3) is 0 Å². The van der Waals surface area contributed by atoms with Gasteiger partial charge in [0.05, 0.1) is 6.61 Å². The zero-order valence-electron chi connectivity index (χ0n) is 18.6. The van der Waals surface area contributed by atoms with Crippen molar-refractivity contribution < 1.29 is 39.2 Å². The van der Waals surface area contributed by atoms with Crippen LogP contribution < -0.4 is 16.0 Å². The van der Waals surface area contributed by atoms with Gasteiger partial charge in [0.2, 0.25) is 11.8 Å². The molecule has 6 N–H and O–H groups in total. The largest absolute Gasteiger partial charge is 0.445 e. The molecular formula is C22H33N3O8. The molecule has 2 rings (SSSR count). The third-order valence-electron chi connectivity index (χ3n) is 5.16. The predicted molar refractivity (Wildman–Crippen MR) is 117 cm³/mol. The standard InChI is InChI=1S/C22H33N3O8/c1-14(27)24-18-20(30)19(29)16(12-26)33-21(18)25-17(28)10-6-3-7-11-23-22(31)32-13-15-8-4-2-5-9-15/h2,4-5,8-9,16,18-21,26,29-30H,3,6-7,10-13H2,1H3,(H,23,31)(H,24,27)(H,25,28)/t16-,18+,19-,20-,21-/m1/s1. The number of benzene rings is 1. The average molecular weight is 468 g/mol. The van der Waals surface area contributed by atoms with E-state index in [0.29, 0.717) is 25.8 Å². The third kappa shape index (κ3) is 8.97. The number of hydrogen-bond donors (Lipinski definition) is 6. The molecule has 3 amide bonds. The summed E-state index contributed by atoms with van der Waals surface area (Å²) < 4.78 is 10.6. The average Bonchev–Trinajstić information content (AvgIpc) is 2.80. The normalized spacial score (nSPS) is 24.5. The molecule has 0 spiro atoms. The molecule has 1 fully saturated rings. The molecule has 0 aromatic heterocycles. The fourth-order valence-electron chi connectivity index (χ4n) is 3.42. The van der Waals surface area contributed by atoms with E-state index in [-0.39, 0.29) is 18.9 Å². The van der Waals surface area contributed by atoms with Gasteiger partial charge in [-0.15, -0.1) is 0 Å². The van der Waals surface area contributed by atoms with E-state index in [0.717, 1.165) is 5.56 Å². The first-order valence-corrected chi connectivity index (χ1v) is 10.9. The summed E-state index contributed by atoms with van der Waals surface area (Å²) in [5.74, 6) is -0.836. The summed E-state index contributed by atoms with van der Waals surface area (Å²) in [6.07, 6.45) is -3.50. The fourth-order valence-corrected chi connectivity index (χ4v) is 3.42. The summed E-state index contributed by atoms with van der Waals surface area (Å²) >= 11 is 0. The number of unbranched alkanes of at least 4 members (excludes halogenated alkanes) is 2. The van der Waals surface area contributed by atoms with Crippen molar-refractivity contribution in [1.29, 1.82) is 0 Å². The Balaban J connectivity index is 1.65. The monoisotopic (exact) mass is 467 g/mol. The Labute approximate surface area is 192 Å². The lowest BCUT2D eigenvalue weighted by Gasteiger charge is -2.42. The molecule has 0 radical (unpaired) electrons. The van der Waals surface area contributed by atoms with Gasteiger partial charge >= 0.3 is 6.09 Å². The molecule has 1 aromatic carbocycles. The Hall–Kier alpha value is -2.73. The van der Waals surface area contributed by atoms with E-state index in [1.165, 1.54) is 6.92 Å². The molecule has 1 aliphatic rings. The highest BCUT2D eigenvalue weighted by Crippen LogP contribution is 2.20. The minimum Gasteiger partial charge on any atom is -0.445 e. The van der Waals surface area contributed by atoms with Crippen LogP contribution in [0.25, 0.3) is 0 Å². The summed E-state index contributed by atoms with van der Waals surface area (Å²) in [5, 5.41) is 37.2. The number of hydrogen-bond acceptors (Lipinski definition) is 8. The van der Waals surface area contributed by atoms with Gasteiger partial charge in [0.15, 0.2) is 6.23 Å². The summed E-state index contributed by atoms with van der Waals surface area (Å²) in [5.41, 5.74) is 0.897. The van der Waals surface area contributed by atoms with Crippen LogP contribution in [0.3, 0.4) is 0 Å². The van der Waals surface area contributed by atoms with Crippen LogP contribution in [0.2, 0.25) is 0 Å². The number of aliphatic hydroxyl groups excluding tert-OH is 3. The summed E-state index contributed by atoms with van der Waals surface area (Å²) in [6.45, 7) is 1.28. The molecule has 0 unspecified atom stereocenters. The summed E-state index contributed by atoms with van der Waals surface area (Å²) in [4.78, 5) is 35.4. The molecule has 1 aromatic rings. The van der Waals surface area contributed by atoms with Crippen molar-refractivity contribution in [3.05, 3.63) is 35.9 Å². The van der Waals surface area contributed by atoms with Gasteiger partial charge in [-0.1, -0.05) is 36.8 Å². The van der Waals surface area contributed by atoms with Crippen LogP contribution in [-0.2, 0) is 25.7 Å². The highest BCUT2D eigenvalue weighted by molar-refractivity contribution is 5.76. The van der Waals surface area contributed by atoms with Gasteiger partial charge in [0, 0.05) is 19.9 Å². The van der Waals surface area contributed by atoms with Crippen LogP contribution >= 0.6 is 0 Å². The van der Waals surface area contributed by atoms with Gasteiger partial charge in [-0.2, -0.15) is 0 Å². The second kappa shape index (κ2) is 13.7. The number of nitrogens with one attached hydrogen (secondary N) is 3. The van der Waals surface area contributed by atoms with Crippen molar-refractivity contribution in [3.8, 4) is 0 Å². The van der Waals surface area contributed by atoms with Gasteiger partial charge in [0.1, 0.15) is 31.0 Å². The van der Waals surface area contributed by atoms with Crippen molar-refractivity contribution >= 4 is 17.9 Å². The lowest BCUT2D eigenvalue weighted by molar-refractivity contribution is -0.203. The van der Waals surface area contributed by atoms with Crippen molar-refractivity contribution in [2.24, 2.45) is 0 Å². The third-order valence-corrected chi connectivity index (χ3v) is 5.16. The second-order valence-corrected chi connectivity index (χ2v) is 7.85.